The molecule has 0 saturated carbocycles. The second-order valence-electron chi connectivity index (χ2n) is 6.82. The van der Waals surface area contributed by atoms with Crippen LogP contribution in [0.25, 0.3) is 10.2 Å². The van der Waals surface area contributed by atoms with E-state index in [0.29, 0.717) is 19.4 Å². The van der Waals surface area contributed by atoms with E-state index < -0.39 is 0 Å². The van der Waals surface area contributed by atoms with Crippen molar-refractivity contribution in [3.63, 3.8) is 0 Å². The standard InChI is InChI=1S/C22H24N2O2S/c1-2-26-17-11-9-16(10-12-17)19-7-5-15-24(19)22(25)14-13-21-23-18-6-3-4-8-20(18)27-21/h3-4,6,8-12,19H,2,5,7,13-15H2,1H3. The second kappa shape index (κ2) is 8.09. The Balaban J connectivity index is 1.41. The average Bonchev–Trinajstić information content (AvgIpc) is 3.34. The first-order valence-electron chi connectivity index (χ1n) is 9.61. The number of thiazole rings is 1. The number of carbonyl (C=O) groups excluding carboxylic acids is 1. The van der Waals surface area contributed by atoms with Crippen molar-refractivity contribution >= 4 is 27.5 Å². The predicted octanol–water partition coefficient (Wildman–Crippen LogP) is 4.99. The molecule has 1 aliphatic rings. The fourth-order valence-electron chi connectivity index (χ4n) is 3.75. The lowest BCUT2D eigenvalue weighted by Gasteiger charge is -2.25. The minimum absolute atomic E-state index is 0.184. The fraction of sp³-hybridized carbons (Fsp3) is 0.364. The molecule has 1 aromatic heterocycles. The molecule has 140 valence electrons. The van der Waals surface area contributed by atoms with Crippen molar-refractivity contribution < 1.29 is 9.53 Å². The summed E-state index contributed by atoms with van der Waals surface area (Å²) in [5.74, 6) is 1.11. The third-order valence-electron chi connectivity index (χ3n) is 5.04. The smallest absolute Gasteiger partial charge is 0.223 e. The molecule has 2 heterocycles. The third kappa shape index (κ3) is 3.98. The Morgan fingerprint density at radius 1 is 1.22 bits per heavy atom. The van der Waals surface area contributed by atoms with E-state index in [1.165, 1.54) is 10.3 Å². The molecule has 0 spiro atoms. The van der Waals surface area contributed by atoms with Crippen LogP contribution in [0.5, 0.6) is 5.75 Å². The van der Waals surface area contributed by atoms with Gasteiger partial charge >= 0.3 is 0 Å². The van der Waals surface area contributed by atoms with E-state index in [-0.39, 0.29) is 11.9 Å². The van der Waals surface area contributed by atoms with E-state index >= 15 is 0 Å². The summed E-state index contributed by atoms with van der Waals surface area (Å²) < 4.78 is 6.71. The first-order chi connectivity index (χ1) is 13.2. The molecule has 0 N–H and O–H groups in total. The molecule has 5 heteroatoms. The van der Waals surface area contributed by atoms with Crippen LogP contribution in [0.2, 0.25) is 0 Å². The topological polar surface area (TPSA) is 42.4 Å². The first-order valence-corrected chi connectivity index (χ1v) is 10.4. The number of aryl methyl sites for hydroxylation is 1. The van der Waals surface area contributed by atoms with E-state index in [1.807, 2.05) is 42.2 Å². The summed E-state index contributed by atoms with van der Waals surface area (Å²) >= 11 is 1.69. The van der Waals surface area contributed by atoms with E-state index in [1.54, 1.807) is 11.3 Å². The highest BCUT2D eigenvalue weighted by atomic mass is 32.1. The van der Waals surface area contributed by atoms with Gasteiger partial charge in [-0.15, -0.1) is 11.3 Å². The lowest BCUT2D eigenvalue weighted by Crippen LogP contribution is -2.30. The molecule has 3 aromatic rings. The molecule has 1 unspecified atom stereocenters. The molecule has 27 heavy (non-hydrogen) atoms. The zero-order chi connectivity index (χ0) is 18.6. The monoisotopic (exact) mass is 380 g/mol. The van der Waals surface area contributed by atoms with Crippen molar-refractivity contribution in [3.8, 4) is 5.75 Å². The Morgan fingerprint density at radius 3 is 2.81 bits per heavy atom. The van der Waals surface area contributed by atoms with E-state index in [9.17, 15) is 4.79 Å². The van der Waals surface area contributed by atoms with Crippen molar-refractivity contribution in [2.45, 2.75) is 38.6 Å². The van der Waals surface area contributed by atoms with Gasteiger partial charge in [-0.05, 0) is 49.6 Å². The quantitative estimate of drug-likeness (QED) is 0.605. The Labute approximate surface area is 163 Å². The maximum atomic E-state index is 12.9. The van der Waals surface area contributed by atoms with Gasteiger partial charge in [-0.1, -0.05) is 24.3 Å². The van der Waals surface area contributed by atoms with Gasteiger partial charge in [0.05, 0.1) is 27.9 Å². The molecule has 0 bridgehead atoms. The molecule has 1 aliphatic heterocycles. The summed E-state index contributed by atoms with van der Waals surface area (Å²) in [5, 5.41) is 1.04. The molecule has 0 radical (unpaired) electrons. The van der Waals surface area contributed by atoms with Gasteiger partial charge in [-0.25, -0.2) is 4.98 Å². The number of para-hydroxylation sites is 1. The number of aromatic nitrogens is 1. The highest BCUT2D eigenvalue weighted by Gasteiger charge is 2.29. The number of amides is 1. The van der Waals surface area contributed by atoms with Crippen LogP contribution < -0.4 is 4.74 Å². The number of fused-ring (bicyclic) bond motifs is 1. The van der Waals surface area contributed by atoms with Crippen molar-refractivity contribution in [1.29, 1.82) is 0 Å². The van der Waals surface area contributed by atoms with Crippen LogP contribution in [0, 0.1) is 0 Å². The molecule has 1 fully saturated rings. The van der Waals surface area contributed by atoms with Crippen LogP contribution in [-0.2, 0) is 11.2 Å². The van der Waals surface area contributed by atoms with E-state index in [0.717, 1.165) is 35.7 Å². The minimum atomic E-state index is 0.184. The highest BCUT2D eigenvalue weighted by Crippen LogP contribution is 2.33. The number of carbonyl (C=O) groups is 1. The van der Waals surface area contributed by atoms with Crippen molar-refractivity contribution in [1.82, 2.24) is 9.88 Å². The number of hydrogen-bond donors (Lipinski definition) is 0. The van der Waals surface area contributed by atoms with E-state index in [4.69, 9.17) is 4.74 Å². The van der Waals surface area contributed by atoms with Crippen LogP contribution in [0.1, 0.15) is 42.8 Å². The highest BCUT2D eigenvalue weighted by molar-refractivity contribution is 7.18. The average molecular weight is 381 g/mol. The van der Waals surface area contributed by atoms with Crippen molar-refractivity contribution in [2.24, 2.45) is 0 Å². The van der Waals surface area contributed by atoms with Gasteiger partial charge in [-0.2, -0.15) is 0 Å². The summed E-state index contributed by atoms with van der Waals surface area (Å²) in [6.45, 7) is 3.49. The van der Waals surface area contributed by atoms with Gasteiger partial charge in [0, 0.05) is 19.4 Å². The number of nitrogens with zero attached hydrogens (tertiary/aromatic N) is 2. The van der Waals surface area contributed by atoms with Gasteiger partial charge < -0.3 is 9.64 Å². The number of rotatable bonds is 6. The second-order valence-corrected chi connectivity index (χ2v) is 7.94. The fourth-order valence-corrected chi connectivity index (χ4v) is 4.72. The van der Waals surface area contributed by atoms with Gasteiger partial charge in [0.15, 0.2) is 0 Å². The Morgan fingerprint density at radius 2 is 2.04 bits per heavy atom. The molecule has 1 atom stereocenters. The SMILES string of the molecule is CCOc1ccc(C2CCCN2C(=O)CCc2nc3ccccc3s2)cc1. The summed E-state index contributed by atoms with van der Waals surface area (Å²) in [4.78, 5) is 19.6. The number of hydrogen-bond acceptors (Lipinski definition) is 4. The summed E-state index contributed by atoms with van der Waals surface area (Å²) in [6.07, 6.45) is 3.32. The maximum absolute atomic E-state index is 12.9. The van der Waals surface area contributed by atoms with Crippen LogP contribution >= 0.6 is 11.3 Å². The number of ether oxygens (including phenoxy) is 1. The molecule has 1 saturated heterocycles. The molecular formula is C22H24N2O2S. The minimum Gasteiger partial charge on any atom is -0.494 e. The Bertz CT molecular complexity index is 886. The molecule has 2 aromatic carbocycles. The third-order valence-corrected chi connectivity index (χ3v) is 6.14. The Kier molecular flexibility index (Phi) is 5.39. The van der Waals surface area contributed by atoms with Gasteiger partial charge in [-0.3, -0.25) is 4.79 Å². The summed E-state index contributed by atoms with van der Waals surface area (Å²) in [6, 6.07) is 16.5. The van der Waals surface area contributed by atoms with Crippen LogP contribution in [0.4, 0.5) is 0 Å². The van der Waals surface area contributed by atoms with Crippen LogP contribution in [0.15, 0.2) is 48.5 Å². The van der Waals surface area contributed by atoms with Gasteiger partial charge in [0.1, 0.15) is 5.75 Å². The lowest BCUT2D eigenvalue weighted by atomic mass is 10.0. The molecule has 4 nitrogen and oxygen atoms in total. The molecule has 1 amide bonds. The number of likely N-dealkylation sites (tertiary alicyclic amines) is 1. The van der Waals surface area contributed by atoms with Crippen LogP contribution in [0.3, 0.4) is 0 Å². The number of benzene rings is 2. The summed E-state index contributed by atoms with van der Waals surface area (Å²) in [7, 11) is 0. The predicted molar refractivity (Wildman–Crippen MR) is 109 cm³/mol. The molecule has 0 aliphatic carbocycles. The summed E-state index contributed by atoms with van der Waals surface area (Å²) in [5.41, 5.74) is 2.22. The molecular weight excluding hydrogens is 356 g/mol. The normalized spacial score (nSPS) is 16.8. The van der Waals surface area contributed by atoms with E-state index in [2.05, 4.69) is 23.2 Å². The first kappa shape index (κ1) is 18.0. The zero-order valence-corrected chi connectivity index (χ0v) is 16.4. The largest absolute Gasteiger partial charge is 0.494 e. The zero-order valence-electron chi connectivity index (χ0n) is 15.6. The maximum Gasteiger partial charge on any atom is 0.223 e. The van der Waals surface area contributed by atoms with Crippen LogP contribution in [-0.4, -0.2) is 28.9 Å². The Hall–Kier alpha value is -2.40. The van der Waals surface area contributed by atoms with Gasteiger partial charge in [0.25, 0.3) is 0 Å². The van der Waals surface area contributed by atoms with Gasteiger partial charge in [0.2, 0.25) is 5.91 Å². The molecule has 4 rings (SSSR count). The van der Waals surface area contributed by atoms with Crippen molar-refractivity contribution in [2.75, 3.05) is 13.2 Å². The lowest BCUT2D eigenvalue weighted by molar-refractivity contribution is -0.132. The van der Waals surface area contributed by atoms with Crippen molar-refractivity contribution in [3.05, 3.63) is 59.1 Å².